The van der Waals surface area contributed by atoms with Crippen molar-refractivity contribution >= 4 is 17.8 Å². The molecule has 1 aliphatic heterocycles. The molecule has 2 rings (SSSR count). The molecule has 0 atom stereocenters. The Kier molecular flexibility index (Phi) is 5.65. The van der Waals surface area contributed by atoms with E-state index >= 15 is 0 Å². The highest BCUT2D eigenvalue weighted by Gasteiger charge is 2.34. The monoisotopic (exact) mass is 324 g/mol. The predicted octanol–water partition coefficient (Wildman–Crippen LogP) is 2.76. The highest BCUT2D eigenvalue weighted by Crippen LogP contribution is 2.30. The molecule has 1 aromatic carbocycles. The SMILES string of the molecule is CCN(CC)[N+](=O)C(=O)N1CCSc2ccc(OC)cc2C1. The van der Waals surface area contributed by atoms with Gasteiger partial charge in [0.1, 0.15) is 17.2 Å². The van der Waals surface area contributed by atoms with Gasteiger partial charge in [-0.3, -0.25) is 0 Å². The molecule has 0 unspecified atom stereocenters. The molecule has 0 radical (unpaired) electrons. The molecule has 0 spiro atoms. The van der Waals surface area contributed by atoms with Crippen LogP contribution in [0.15, 0.2) is 23.1 Å². The summed E-state index contributed by atoms with van der Waals surface area (Å²) in [6, 6.07) is 5.35. The summed E-state index contributed by atoms with van der Waals surface area (Å²) in [5.41, 5.74) is 1.02. The van der Waals surface area contributed by atoms with Crippen LogP contribution in [0.3, 0.4) is 0 Å². The van der Waals surface area contributed by atoms with Gasteiger partial charge in [0, 0.05) is 16.2 Å². The maximum absolute atomic E-state index is 12.4. The second kappa shape index (κ2) is 7.49. The van der Waals surface area contributed by atoms with Crippen LogP contribution in [0.2, 0.25) is 0 Å². The minimum atomic E-state index is -0.500. The Labute approximate surface area is 135 Å². The summed E-state index contributed by atoms with van der Waals surface area (Å²) < 4.78 is 5.24. The Morgan fingerprint density at radius 1 is 1.41 bits per heavy atom. The second-order valence-electron chi connectivity index (χ2n) is 4.94. The number of hydrazine groups is 1. The van der Waals surface area contributed by atoms with Crippen molar-refractivity contribution in [2.24, 2.45) is 0 Å². The first kappa shape index (κ1) is 16.6. The van der Waals surface area contributed by atoms with Gasteiger partial charge in [-0.25, -0.2) is 9.91 Å². The first-order valence-corrected chi connectivity index (χ1v) is 8.40. The van der Waals surface area contributed by atoms with Crippen LogP contribution in [-0.4, -0.2) is 53.3 Å². The van der Waals surface area contributed by atoms with Gasteiger partial charge < -0.3 is 4.74 Å². The minimum Gasteiger partial charge on any atom is -0.497 e. The van der Waals surface area contributed by atoms with Crippen molar-refractivity contribution in [2.45, 2.75) is 25.3 Å². The van der Waals surface area contributed by atoms with Crippen molar-refractivity contribution in [3.05, 3.63) is 28.7 Å². The van der Waals surface area contributed by atoms with Crippen LogP contribution >= 0.6 is 11.8 Å². The molecule has 0 saturated carbocycles. The fraction of sp³-hybridized carbons (Fsp3) is 0.533. The van der Waals surface area contributed by atoms with Gasteiger partial charge in [-0.1, -0.05) is 0 Å². The summed E-state index contributed by atoms with van der Waals surface area (Å²) in [6.45, 7) is 5.73. The first-order chi connectivity index (χ1) is 10.6. The van der Waals surface area contributed by atoms with Crippen LogP contribution in [0.1, 0.15) is 19.4 Å². The van der Waals surface area contributed by atoms with Crippen molar-refractivity contribution in [3.8, 4) is 5.75 Å². The van der Waals surface area contributed by atoms with Gasteiger partial charge in [0.05, 0.1) is 26.7 Å². The van der Waals surface area contributed by atoms with Gasteiger partial charge in [0.15, 0.2) is 0 Å². The zero-order valence-corrected chi connectivity index (χ0v) is 14.1. The normalized spacial score (nSPS) is 14.0. The van der Waals surface area contributed by atoms with Crippen molar-refractivity contribution in [2.75, 3.05) is 32.5 Å². The molecular formula is C15H22N3O3S+. The van der Waals surface area contributed by atoms with Crippen LogP contribution in [0, 0.1) is 4.91 Å². The summed E-state index contributed by atoms with van der Waals surface area (Å²) >= 11 is 1.70. The van der Waals surface area contributed by atoms with E-state index in [0.717, 1.165) is 22.0 Å². The standard InChI is InChI=1S/C15H22N3O3S/c1-4-17(5-2)18(20)15(19)16-8-9-22-14-7-6-13(21-3)10-12(14)11-16/h6-7,10H,4-5,8-9,11H2,1-3H3/q+1. The van der Waals surface area contributed by atoms with Gasteiger partial charge in [0.2, 0.25) is 0 Å². The Morgan fingerprint density at radius 2 is 2.14 bits per heavy atom. The van der Waals surface area contributed by atoms with Crippen molar-refractivity contribution in [1.82, 2.24) is 9.91 Å². The number of benzene rings is 1. The van der Waals surface area contributed by atoms with E-state index in [-0.39, 0.29) is 0 Å². The summed E-state index contributed by atoms with van der Waals surface area (Å²) in [4.78, 5) is 27.8. The molecule has 1 aromatic rings. The number of nitrogens with zero attached hydrogens (tertiary/aromatic N) is 3. The molecule has 0 aliphatic carbocycles. The van der Waals surface area contributed by atoms with E-state index in [4.69, 9.17) is 4.74 Å². The summed E-state index contributed by atoms with van der Waals surface area (Å²) in [7, 11) is 1.62. The Balaban J connectivity index is 2.19. The molecule has 0 saturated heterocycles. The quantitative estimate of drug-likeness (QED) is 0.630. The van der Waals surface area contributed by atoms with E-state index in [9.17, 15) is 9.70 Å². The van der Waals surface area contributed by atoms with Crippen LogP contribution < -0.4 is 4.74 Å². The number of hydrogen-bond donors (Lipinski definition) is 0. The average molecular weight is 324 g/mol. The number of fused-ring (bicyclic) bond motifs is 1. The van der Waals surface area contributed by atoms with Gasteiger partial charge in [-0.2, -0.15) is 4.79 Å². The third-order valence-electron chi connectivity index (χ3n) is 3.67. The molecule has 0 fully saturated rings. The molecule has 6 nitrogen and oxygen atoms in total. The third-order valence-corrected chi connectivity index (χ3v) is 4.76. The maximum atomic E-state index is 12.4. The Bertz CT molecular complexity index is 561. The molecule has 0 aromatic heterocycles. The summed E-state index contributed by atoms with van der Waals surface area (Å²) in [5.74, 6) is 1.54. The lowest BCUT2D eigenvalue weighted by Gasteiger charge is -2.17. The van der Waals surface area contributed by atoms with E-state index in [1.165, 1.54) is 5.01 Å². The number of ether oxygens (including phenoxy) is 1. The third kappa shape index (κ3) is 3.52. The zero-order valence-electron chi connectivity index (χ0n) is 13.2. The van der Waals surface area contributed by atoms with Crippen LogP contribution in [0.4, 0.5) is 4.79 Å². The number of amides is 2. The number of carbonyl (C=O) groups excluding carboxylic acids is 1. The topological polar surface area (TPSA) is 52.9 Å². The predicted molar refractivity (Wildman–Crippen MR) is 86.1 cm³/mol. The highest BCUT2D eigenvalue weighted by atomic mass is 32.2. The second-order valence-corrected chi connectivity index (χ2v) is 6.07. The summed E-state index contributed by atoms with van der Waals surface area (Å²) in [5, 5.41) is 1.48. The number of rotatable bonds is 4. The van der Waals surface area contributed by atoms with E-state index in [1.54, 1.807) is 23.8 Å². The van der Waals surface area contributed by atoms with Gasteiger partial charge in [-0.05, 0) is 37.0 Å². The summed E-state index contributed by atoms with van der Waals surface area (Å²) in [6.07, 6.45) is 0. The molecule has 1 heterocycles. The first-order valence-electron chi connectivity index (χ1n) is 7.41. The fourth-order valence-corrected chi connectivity index (χ4v) is 3.39. The molecule has 2 amide bonds. The van der Waals surface area contributed by atoms with E-state index < -0.39 is 6.03 Å². The van der Waals surface area contributed by atoms with Gasteiger partial charge in [0.25, 0.3) is 0 Å². The van der Waals surface area contributed by atoms with Crippen molar-refractivity contribution < 1.29 is 14.4 Å². The highest BCUT2D eigenvalue weighted by molar-refractivity contribution is 7.99. The minimum absolute atomic E-state index is 0.429. The molecule has 120 valence electrons. The smallest absolute Gasteiger partial charge is 0.497 e. The largest absolute Gasteiger partial charge is 0.557 e. The fourth-order valence-electron chi connectivity index (χ4n) is 2.38. The van der Waals surface area contributed by atoms with E-state index in [2.05, 4.69) is 0 Å². The van der Waals surface area contributed by atoms with E-state index in [0.29, 0.717) is 31.0 Å². The lowest BCUT2D eigenvalue weighted by Crippen LogP contribution is -2.45. The van der Waals surface area contributed by atoms with Crippen LogP contribution in [-0.2, 0) is 6.54 Å². The molecule has 7 heteroatoms. The lowest BCUT2D eigenvalue weighted by atomic mass is 10.2. The van der Waals surface area contributed by atoms with Gasteiger partial charge >= 0.3 is 6.03 Å². The maximum Gasteiger partial charge on any atom is 0.557 e. The van der Waals surface area contributed by atoms with E-state index in [1.807, 2.05) is 32.0 Å². The molecule has 0 bridgehead atoms. The number of hydrogen-bond acceptors (Lipinski definition) is 4. The number of methoxy groups -OCH3 is 1. The molecule has 22 heavy (non-hydrogen) atoms. The molecule has 1 aliphatic rings. The van der Waals surface area contributed by atoms with Crippen molar-refractivity contribution in [3.63, 3.8) is 0 Å². The number of urea groups is 1. The number of nitroso groups, excluding NO2 is 1. The Morgan fingerprint density at radius 3 is 2.77 bits per heavy atom. The van der Waals surface area contributed by atoms with Gasteiger partial charge in [-0.15, -0.1) is 11.8 Å². The lowest BCUT2D eigenvalue weighted by molar-refractivity contribution is -0.631. The Hall–Kier alpha value is -1.76. The number of carbonyl (C=O) groups is 1. The average Bonchev–Trinajstić information content (AvgIpc) is 2.76. The molecular weight excluding hydrogens is 302 g/mol. The molecule has 0 N–H and O–H groups in total. The number of thioether (sulfide) groups is 1. The van der Waals surface area contributed by atoms with Crippen LogP contribution in [0.5, 0.6) is 5.75 Å². The zero-order chi connectivity index (χ0) is 16.1. The van der Waals surface area contributed by atoms with Crippen LogP contribution in [0.25, 0.3) is 0 Å². The van der Waals surface area contributed by atoms with Crippen molar-refractivity contribution in [1.29, 1.82) is 0 Å².